The lowest BCUT2D eigenvalue weighted by Gasteiger charge is -2.17. The highest BCUT2D eigenvalue weighted by atomic mass is 32.2. The molecule has 1 heterocycles. The van der Waals surface area contributed by atoms with Crippen LogP contribution in [0.15, 0.2) is 83.5 Å². The van der Waals surface area contributed by atoms with Gasteiger partial charge in [-0.1, -0.05) is 60.3 Å². The molecule has 9 heteroatoms. The number of para-hydroxylation sites is 1. The van der Waals surface area contributed by atoms with Crippen molar-refractivity contribution in [1.29, 1.82) is 0 Å². The first-order valence-corrected chi connectivity index (χ1v) is 11.6. The minimum atomic E-state index is -0.868. The zero-order valence-corrected chi connectivity index (χ0v) is 19.5. The fourth-order valence-corrected chi connectivity index (χ4v) is 4.13. The van der Waals surface area contributed by atoms with E-state index in [0.717, 1.165) is 35.0 Å². The number of amidine groups is 1. The van der Waals surface area contributed by atoms with Gasteiger partial charge in [0.15, 0.2) is 5.17 Å². The van der Waals surface area contributed by atoms with Crippen LogP contribution in [0.4, 0.5) is 14.5 Å². The second-order valence-electron chi connectivity index (χ2n) is 7.51. The van der Waals surface area contributed by atoms with E-state index in [9.17, 15) is 18.4 Å². The molecule has 178 valence electrons. The van der Waals surface area contributed by atoms with E-state index < -0.39 is 23.2 Å². The molecule has 35 heavy (non-hydrogen) atoms. The van der Waals surface area contributed by atoms with Crippen molar-refractivity contribution >= 4 is 40.5 Å². The van der Waals surface area contributed by atoms with Crippen LogP contribution in [0.3, 0.4) is 0 Å². The number of methoxy groups -OCH3 is 1. The van der Waals surface area contributed by atoms with Gasteiger partial charge in [-0.15, -0.1) is 0 Å². The molecule has 3 aromatic rings. The number of nitrogens with zero attached hydrogens (tertiary/aromatic N) is 2. The number of thioether (sulfide) groups is 1. The summed E-state index contributed by atoms with van der Waals surface area (Å²) in [6.45, 7) is 0.259. The van der Waals surface area contributed by atoms with E-state index in [2.05, 4.69) is 10.3 Å². The van der Waals surface area contributed by atoms with E-state index in [-0.39, 0.29) is 23.9 Å². The van der Waals surface area contributed by atoms with Gasteiger partial charge in [0.1, 0.15) is 28.8 Å². The number of rotatable bonds is 7. The van der Waals surface area contributed by atoms with Gasteiger partial charge >= 0.3 is 0 Å². The van der Waals surface area contributed by atoms with Crippen molar-refractivity contribution < 1.29 is 23.1 Å². The van der Waals surface area contributed by atoms with Gasteiger partial charge in [0.2, 0.25) is 5.91 Å². The molecule has 0 aromatic heterocycles. The lowest BCUT2D eigenvalue weighted by molar-refractivity contribution is -0.123. The zero-order valence-electron chi connectivity index (χ0n) is 18.7. The SMILES string of the molecule is COc1ccc(/C=C2\N=C(SCC(=O)Nc3c(F)cccc3F)N(Cc3ccccc3)C2=O)cc1. The van der Waals surface area contributed by atoms with E-state index in [1.165, 1.54) is 11.0 Å². The third-order valence-corrected chi connectivity index (χ3v) is 6.05. The number of hydrogen-bond acceptors (Lipinski definition) is 5. The van der Waals surface area contributed by atoms with Crippen molar-refractivity contribution in [2.75, 3.05) is 18.2 Å². The van der Waals surface area contributed by atoms with Gasteiger partial charge < -0.3 is 10.1 Å². The molecule has 0 bridgehead atoms. The summed E-state index contributed by atoms with van der Waals surface area (Å²) in [4.78, 5) is 31.5. The summed E-state index contributed by atoms with van der Waals surface area (Å²) in [7, 11) is 1.57. The molecule has 0 spiro atoms. The predicted octanol–water partition coefficient (Wildman–Crippen LogP) is 5.08. The second-order valence-corrected chi connectivity index (χ2v) is 8.45. The quantitative estimate of drug-likeness (QED) is 0.466. The first kappa shape index (κ1) is 24.2. The Bertz CT molecular complexity index is 1270. The normalized spacial score (nSPS) is 14.3. The molecule has 1 N–H and O–H groups in total. The monoisotopic (exact) mass is 493 g/mol. The van der Waals surface area contributed by atoms with Crippen LogP contribution in [0, 0.1) is 11.6 Å². The third kappa shape index (κ3) is 5.93. The maximum atomic E-state index is 13.9. The van der Waals surface area contributed by atoms with Crippen LogP contribution >= 0.6 is 11.8 Å². The van der Waals surface area contributed by atoms with Crippen molar-refractivity contribution in [2.24, 2.45) is 4.99 Å². The summed E-state index contributed by atoms with van der Waals surface area (Å²) < 4.78 is 32.9. The third-order valence-electron chi connectivity index (χ3n) is 5.07. The summed E-state index contributed by atoms with van der Waals surface area (Å²) >= 11 is 1.01. The molecule has 0 aliphatic carbocycles. The average Bonchev–Trinajstić information content (AvgIpc) is 3.15. The Labute approximate surface area is 205 Å². The Kier molecular flexibility index (Phi) is 7.57. The van der Waals surface area contributed by atoms with Crippen LogP contribution in [-0.4, -0.2) is 34.7 Å². The smallest absolute Gasteiger partial charge is 0.278 e. The van der Waals surface area contributed by atoms with Crippen molar-refractivity contribution in [3.63, 3.8) is 0 Å². The Balaban J connectivity index is 1.53. The van der Waals surface area contributed by atoms with Crippen LogP contribution < -0.4 is 10.1 Å². The number of anilines is 1. The molecular weight excluding hydrogens is 472 g/mol. The van der Waals surface area contributed by atoms with E-state index in [1.807, 2.05) is 30.3 Å². The number of carbonyl (C=O) groups excluding carboxylic acids is 2. The topological polar surface area (TPSA) is 71.0 Å². The number of carbonyl (C=O) groups is 2. The van der Waals surface area contributed by atoms with Crippen LogP contribution in [0.25, 0.3) is 6.08 Å². The zero-order chi connectivity index (χ0) is 24.8. The summed E-state index contributed by atoms with van der Waals surface area (Å²) in [5.41, 5.74) is 1.35. The first-order valence-electron chi connectivity index (χ1n) is 10.6. The van der Waals surface area contributed by atoms with E-state index in [4.69, 9.17) is 4.74 Å². The van der Waals surface area contributed by atoms with Crippen molar-refractivity contribution in [3.05, 3.63) is 101 Å². The minimum Gasteiger partial charge on any atom is -0.497 e. The molecule has 0 saturated carbocycles. The van der Waals surface area contributed by atoms with Gasteiger partial charge in [0, 0.05) is 0 Å². The van der Waals surface area contributed by atoms with Crippen molar-refractivity contribution in [1.82, 2.24) is 4.90 Å². The van der Waals surface area contributed by atoms with Gasteiger partial charge in [-0.25, -0.2) is 13.8 Å². The number of amides is 2. The van der Waals surface area contributed by atoms with Crippen molar-refractivity contribution in [2.45, 2.75) is 6.54 Å². The first-order chi connectivity index (χ1) is 16.9. The molecule has 0 saturated heterocycles. The molecule has 1 aliphatic heterocycles. The summed E-state index contributed by atoms with van der Waals surface area (Å²) in [6.07, 6.45) is 1.65. The summed E-state index contributed by atoms with van der Waals surface area (Å²) in [6, 6.07) is 19.9. The maximum Gasteiger partial charge on any atom is 0.278 e. The number of benzene rings is 3. The fourth-order valence-electron chi connectivity index (χ4n) is 3.33. The Morgan fingerprint density at radius 3 is 2.37 bits per heavy atom. The van der Waals surface area contributed by atoms with Crippen LogP contribution in [0.1, 0.15) is 11.1 Å². The van der Waals surface area contributed by atoms with Gasteiger partial charge in [-0.2, -0.15) is 0 Å². The number of nitrogens with one attached hydrogen (secondary N) is 1. The standard InChI is InChI=1S/C26H21F2N3O3S/c1-34-19-12-10-17(11-13-19)14-22-25(33)31(15-18-6-3-2-4-7-18)26(29-22)35-16-23(32)30-24-20(27)8-5-9-21(24)28/h2-14H,15-16H2,1H3,(H,30,32)/b22-14-. The molecule has 0 unspecified atom stereocenters. The lowest BCUT2D eigenvalue weighted by atomic mass is 10.1. The average molecular weight is 494 g/mol. The molecule has 0 radical (unpaired) electrons. The van der Waals surface area contributed by atoms with Crippen molar-refractivity contribution in [3.8, 4) is 5.75 Å². The Morgan fingerprint density at radius 1 is 1.03 bits per heavy atom. The fraction of sp³-hybridized carbons (Fsp3) is 0.115. The molecule has 0 atom stereocenters. The largest absolute Gasteiger partial charge is 0.497 e. The second kappa shape index (κ2) is 11.0. The maximum absolute atomic E-state index is 13.9. The Morgan fingerprint density at radius 2 is 1.71 bits per heavy atom. The van der Waals surface area contributed by atoms with Gasteiger partial charge in [0.05, 0.1) is 19.4 Å². The van der Waals surface area contributed by atoms with Gasteiger partial charge in [0.25, 0.3) is 5.91 Å². The van der Waals surface area contributed by atoms with Crippen LogP contribution in [0.5, 0.6) is 5.75 Å². The highest BCUT2D eigenvalue weighted by Crippen LogP contribution is 2.27. The van der Waals surface area contributed by atoms with Crippen LogP contribution in [-0.2, 0) is 16.1 Å². The number of ether oxygens (including phenoxy) is 1. The Hall–Kier alpha value is -3.98. The minimum absolute atomic E-state index is 0.193. The van der Waals surface area contributed by atoms with Crippen LogP contribution in [0.2, 0.25) is 0 Å². The number of aliphatic imine (C=N–C) groups is 1. The molecule has 4 rings (SSSR count). The predicted molar refractivity (Wildman–Crippen MR) is 133 cm³/mol. The highest BCUT2D eigenvalue weighted by molar-refractivity contribution is 8.14. The number of hydrogen-bond donors (Lipinski definition) is 1. The summed E-state index contributed by atoms with van der Waals surface area (Å²) in [5.74, 6) is -2.18. The molecule has 2 amide bonds. The van der Waals surface area contributed by atoms with Gasteiger partial charge in [-0.3, -0.25) is 14.5 Å². The van der Waals surface area contributed by atoms with Gasteiger partial charge in [-0.05, 0) is 41.5 Å². The summed E-state index contributed by atoms with van der Waals surface area (Å²) in [5, 5.41) is 2.57. The number of halogens is 2. The lowest BCUT2D eigenvalue weighted by Crippen LogP contribution is -2.31. The van der Waals surface area contributed by atoms with E-state index in [0.29, 0.717) is 10.9 Å². The van der Waals surface area contributed by atoms with E-state index in [1.54, 1.807) is 37.5 Å². The molecule has 0 fully saturated rings. The molecule has 1 aliphatic rings. The van der Waals surface area contributed by atoms with E-state index >= 15 is 0 Å². The highest BCUT2D eigenvalue weighted by Gasteiger charge is 2.31. The molecular formula is C26H21F2N3O3S. The molecule has 3 aromatic carbocycles. The molecule has 6 nitrogen and oxygen atoms in total.